The molecule has 1 aromatic carbocycles. The van der Waals surface area contributed by atoms with Gasteiger partial charge in [-0.05, 0) is 65.4 Å². The molecule has 238 valence electrons. The molecule has 2 N–H and O–H groups in total. The first-order valence-corrected chi connectivity index (χ1v) is 14.5. The van der Waals surface area contributed by atoms with E-state index in [0.717, 1.165) is 12.1 Å². The summed E-state index contributed by atoms with van der Waals surface area (Å²) in [4.78, 5) is 23.8. The molecule has 1 saturated carbocycles. The van der Waals surface area contributed by atoms with E-state index in [1.807, 2.05) is 0 Å². The number of fused-ring (bicyclic) bond motifs is 4. The molecule has 0 unspecified atom stereocenters. The van der Waals surface area contributed by atoms with Gasteiger partial charge < -0.3 is 19.7 Å². The Balaban J connectivity index is 1.22. The van der Waals surface area contributed by atoms with Crippen molar-refractivity contribution in [2.75, 3.05) is 18.0 Å². The minimum atomic E-state index is -5.00. The summed E-state index contributed by atoms with van der Waals surface area (Å²) in [5.41, 5.74) is -3.35. The summed E-state index contributed by atoms with van der Waals surface area (Å²) in [5, 5.41) is 16.0. The molecule has 3 aliphatic rings. The summed E-state index contributed by atoms with van der Waals surface area (Å²) in [6, 6.07) is 3.24. The van der Waals surface area contributed by atoms with Gasteiger partial charge in [0.1, 0.15) is 29.4 Å². The van der Waals surface area contributed by atoms with Gasteiger partial charge in [-0.15, -0.1) is 0 Å². The van der Waals surface area contributed by atoms with Crippen LogP contribution in [0.15, 0.2) is 33.2 Å². The fourth-order valence-electron chi connectivity index (χ4n) is 6.28. The van der Waals surface area contributed by atoms with E-state index < -0.39 is 76.6 Å². The van der Waals surface area contributed by atoms with Crippen molar-refractivity contribution >= 4 is 39.1 Å². The van der Waals surface area contributed by atoms with E-state index in [2.05, 4.69) is 36.3 Å². The van der Waals surface area contributed by atoms with E-state index in [1.54, 1.807) is 11.8 Å². The second-order valence-electron chi connectivity index (χ2n) is 12.0. The smallest absolute Gasteiger partial charge is 0.404 e. The second kappa shape index (κ2) is 9.88. The molecule has 2 aliphatic carbocycles. The molecule has 9 nitrogen and oxygen atoms in total. The minimum absolute atomic E-state index is 0.0259. The van der Waals surface area contributed by atoms with E-state index in [9.17, 15) is 31.9 Å². The summed E-state index contributed by atoms with van der Waals surface area (Å²) in [6.07, 6.45) is -5.36. The number of aliphatic hydroxyl groups is 1. The van der Waals surface area contributed by atoms with Crippen LogP contribution in [0.25, 0.3) is 11.2 Å². The van der Waals surface area contributed by atoms with Crippen LogP contribution in [0.4, 0.5) is 36.7 Å². The number of nitrogens with one attached hydrogen (secondary N) is 1. The van der Waals surface area contributed by atoms with Crippen molar-refractivity contribution < 1.29 is 45.1 Å². The fourth-order valence-corrected chi connectivity index (χ4v) is 6.87. The molecular formula is C28H22BrF7N6O3. The summed E-state index contributed by atoms with van der Waals surface area (Å²) >= 11 is 3.37. The van der Waals surface area contributed by atoms with Crippen LogP contribution in [-0.4, -0.2) is 49.5 Å². The first kappa shape index (κ1) is 30.0. The highest BCUT2D eigenvalue weighted by Crippen LogP contribution is 2.68. The predicted molar refractivity (Wildman–Crippen MR) is 145 cm³/mol. The number of rotatable bonds is 7. The van der Waals surface area contributed by atoms with Crippen LogP contribution < -0.4 is 10.2 Å². The summed E-state index contributed by atoms with van der Waals surface area (Å²) < 4.78 is 106. The Labute approximate surface area is 257 Å². The van der Waals surface area contributed by atoms with Gasteiger partial charge in [0.2, 0.25) is 11.6 Å². The summed E-state index contributed by atoms with van der Waals surface area (Å²) in [7, 11) is 0. The number of amides is 1. The first-order chi connectivity index (χ1) is 21.0. The lowest BCUT2D eigenvalue weighted by atomic mass is 9.98. The quantitative estimate of drug-likeness (QED) is 0.250. The highest BCUT2D eigenvalue weighted by atomic mass is 79.9. The fraction of sp³-hybridized carbons (Fsp3) is 0.429. The van der Waals surface area contributed by atoms with Crippen molar-refractivity contribution in [3.8, 4) is 0 Å². The van der Waals surface area contributed by atoms with E-state index in [1.165, 1.54) is 6.07 Å². The Morgan fingerprint density at radius 1 is 1.18 bits per heavy atom. The lowest BCUT2D eigenvalue weighted by Crippen LogP contribution is -2.60. The van der Waals surface area contributed by atoms with Crippen LogP contribution in [0.5, 0.6) is 0 Å². The van der Waals surface area contributed by atoms with Crippen LogP contribution in [0.2, 0.25) is 0 Å². The molecule has 1 aliphatic heterocycles. The van der Waals surface area contributed by atoms with Gasteiger partial charge in [0, 0.05) is 22.0 Å². The normalized spacial score (nSPS) is 21.8. The lowest BCUT2D eigenvalue weighted by Gasteiger charge is -2.42. The maximum Gasteiger partial charge on any atom is 0.435 e. The highest BCUT2D eigenvalue weighted by molar-refractivity contribution is 9.10. The van der Waals surface area contributed by atoms with Crippen LogP contribution >= 0.6 is 15.9 Å². The molecular weight excluding hydrogens is 681 g/mol. The summed E-state index contributed by atoms with van der Waals surface area (Å²) in [5.74, 6) is -8.65. The molecule has 3 aromatic heterocycles. The number of nitrogens with zero attached hydrogens (tertiary/aromatic N) is 5. The Bertz CT molecular complexity index is 1840. The van der Waals surface area contributed by atoms with Crippen molar-refractivity contribution in [2.24, 2.45) is 5.92 Å². The molecule has 1 saturated heterocycles. The lowest BCUT2D eigenvalue weighted by molar-refractivity contribution is -0.142. The van der Waals surface area contributed by atoms with Crippen LogP contribution in [0.1, 0.15) is 53.5 Å². The Morgan fingerprint density at radius 3 is 2.51 bits per heavy atom. The predicted octanol–water partition coefficient (Wildman–Crippen LogP) is 5.36. The number of β-amino-alcohol motifs (C(OH)–C–C–N with tert-alkyl or cyclic N) is 1. The Kier molecular flexibility index (Phi) is 6.58. The van der Waals surface area contributed by atoms with Gasteiger partial charge in [0.25, 0.3) is 11.9 Å². The highest BCUT2D eigenvalue weighted by Gasteiger charge is 2.68. The van der Waals surface area contributed by atoms with Crippen molar-refractivity contribution in [3.63, 3.8) is 0 Å². The van der Waals surface area contributed by atoms with Gasteiger partial charge in [0.15, 0.2) is 5.69 Å². The molecule has 2 fully saturated rings. The third-order valence-electron chi connectivity index (χ3n) is 8.21. The molecule has 1 amide bonds. The number of hydrogen-bond acceptors (Lipinski definition) is 7. The maximum absolute atomic E-state index is 15.0. The Morgan fingerprint density at radius 2 is 1.87 bits per heavy atom. The van der Waals surface area contributed by atoms with E-state index in [0.29, 0.717) is 20.7 Å². The number of oxazole rings is 1. The average Bonchev–Trinajstić information content (AvgIpc) is 3.36. The molecule has 0 spiro atoms. The molecule has 17 heteroatoms. The van der Waals surface area contributed by atoms with Gasteiger partial charge in [-0.2, -0.15) is 32.0 Å². The SMILES string of the molecule is CC1(O)CN(c2nc3cc(Br)c([C@H](Cc4cc(F)cc(F)c4)NC(=O)Cn4nc(C(F)(F)F)c5c4C(F)(F)[C@@H]4C[C@H]54)nc3o2)C1. The minimum Gasteiger partial charge on any atom is -0.404 e. The molecule has 45 heavy (non-hydrogen) atoms. The van der Waals surface area contributed by atoms with Crippen LogP contribution in [0, 0.1) is 17.6 Å². The van der Waals surface area contributed by atoms with Gasteiger partial charge >= 0.3 is 6.18 Å². The molecule has 0 bridgehead atoms. The van der Waals surface area contributed by atoms with Crippen LogP contribution in [0.3, 0.4) is 0 Å². The van der Waals surface area contributed by atoms with Crippen molar-refractivity contribution in [3.05, 3.63) is 68.6 Å². The summed E-state index contributed by atoms with van der Waals surface area (Å²) in [6.45, 7) is 1.17. The third kappa shape index (κ3) is 5.22. The van der Waals surface area contributed by atoms with Crippen molar-refractivity contribution in [1.29, 1.82) is 0 Å². The zero-order chi connectivity index (χ0) is 32.2. The van der Waals surface area contributed by atoms with E-state index in [4.69, 9.17) is 4.42 Å². The first-order valence-electron chi connectivity index (χ1n) is 13.7. The number of aromatic nitrogens is 4. The van der Waals surface area contributed by atoms with E-state index >= 15 is 8.78 Å². The number of anilines is 1. The average molecular weight is 703 g/mol. The molecule has 4 aromatic rings. The molecule has 4 heterocycles. The maximum atomic E-state index is 15.0. The van der Waals surface area contributed by atoms with Crippen molar-refractivity contribution in [2.45, 2.75) is 56.0 Å². The second-order valence-corrected chi connectivity index (χ2v) is 12.8. The number of pyridine rings is 1. The van der Waals surface area contributed by atoms with Crippen molar-refractivity contribution in [1.82, 2.24) is 25.1 Å². The molecule has 0 radical (unpaired) electrons. The molecule has 3 atom stereocenters. The number of hydrogen-bond donors (Lipinski definition) is 2. The standard InChI is InChI=1S/C28H22BrF7N6O3/c1-26(44)9-41(10-26)25-38-18-7-16(29)21(39-24(18)45-25)17(4-11-2-12(30)5-13(31)3-11)37-19(43)8-42-23-20(22(40-42)28(34,35)36)14-6-15(14)27(23,32)33/h2-3,5,7,14-15,17,44H,4,6,8-10H2,1H3,(H,37,43)/t14-,15+,17-/m0/s1. The Hall–Kier alpha value is -3.73. The zero-order valence-corrected chi connectivity index (χ0v) is 24.7. The largest absolute Gasteiger partial charge is 0.435 e. The monoisotopic (exact) mass is 702 g/mol. The van der Waals surface area contributed by atoms with Gasteiger partial charge in [0.05, 0.1) is 30.4 Å². The topological polar surface area (TPSA) is 109 Å². The van der Waals surface area contributed by atoms with Crippen LogP contribution in [-0.2, 0) is 29.9 Å². The van der Waals surface area contributed by atoms with Gasteiger partial charge in [-0.3, -0.25) is 9.48 Å². The van der Waals surface area contributed by atoms with Gasteiger partial charge in [-0.25, -0.2) is 13.8 Å². The molecule has 7 rings (SSSR count). The number of benzene rings is 1. The zero-order valence-electron chi connectivity index (χ0n) is 23.1. The number of carbonyl (C=O) groups excluding carboxylic acids is 1. The number of carbonyl (C=O) groups is 1. The number of alkyl halides is 5. The third-order valence-corrected chi connectivity index (χ3v) is 8.84. The van der Waals surface area contributed by atoms with Gasteiger partial charge in [-0.1, -0.05) is 0 Å². The van der Waals surface area contributed by atoms with E-state index in [-0.39, 0.29) is 48.9 Å². The number of halogens is 8.